The van der Waals surface area contributed by atoms with Gasteiger partial charge in [-0.2, -0.15) is 9.78 Å². The van der Waals surface area contributed by atoms with Gasteiger partial charge in [-0.1, -0.05) is 0 Å². The molecule has 0 aromatic carbocycles. The zero-order chi connectivity index (χ0) is 11.7. The molecule has 4 nitrogen and oxygen atoms in total. The van der Waals surface area contributed by atoms with Crippen LogP contribution in [0.2, 0.25) is 0 Å². The maximum Gasteiger partial charge on any atom is 0.202 e. The summed E-state index contributed by atoms with van der Waals surface area (Å²) in [4.78, 5) is 1.61. The van der Waals surface area contributed by atoms with Gasteiger partial charge < -0.3 is 9.47 Å². The van der Waals surface area contributed by atoms with Crippen molar-refractivity contribution in [2.75, 3.05) is 0 Å². The lowest BCUT2D eigenvalue weighted by Gasteiger charge is -2.35. The van der Waals surface area contributed by atoms with E-state index in [1.54, 1.807) is 11.2 Å². The van der Waals surface area contributed by atoms with Gasteiger partial charge in [0.2, 0.25) is 4.77 Å². The first-order valence-electron chi connectivity index (χ1n) is 6.03. The minimum absolute atomic E-state index is 0.715. The van der Waals surface area contributed by atoms with Crippen LogP contribution in [0.5, 0.6) is 0 Å². The molecule has 0 unspecified atom stereocenters. The SMILES string of the molecule is C[C@@H]1CCC[C@@H](C)[NH+]1Cn1ncn(C)c1=S. The molecule has 1 aromatic rings. The average Bonchev–Trinajstić information content (AvgIpc) is 2.55. The zero-order valence-electron chi connectivity index (χ0n) is 10.3. The summed E-state index contributed by atoms with van der Waals surface area (Å²) in [5.74, 6) is 0. The topological polar surface area (TPSA) is 27.2 Å². The Bertz CT molecular complexity index is 398. The number of rotatable bonds is 2. The lowest BCUT2D eigenvalue weighted by molar-refractivity contribution is -0.973. The van der Waals surface area contributed by atoms with E-state index >= 15 is 0 Å². The Balaban J connectivity index is 2.14. The van der Waals surface area contributed by atoms with Crippen LogP contribution in [-0.2, 0) is 13.7 Å². The van der Waals surface area contributed by atoms with Crippen molar-refractivity contribution in [1.29, 1.82) is 0 Å². The maximum atomic E-state index is 5.32. The molecule has 1 aromatic heterocycles. The molecule has 16 heavy (non-hydrogen) atoms. The Hall–Kier alpha value is -0.680. The standard InChI is InChI=1S/C11H20N4S/c1-9-5-4-6-10(2)14(9)8-15-11(16)13(3)7-12-15/h7,9-10H,4-6,8H2,1-3H3/p+1/t9-,10-/m1/s1. The molecule has 0 amide bonds. The average molecular weight is 241 g/mol. The summed E-state index contributed by atoms with van der Waals surface area (Å²) >= 11 is 5.32. The van der Waals surface area contributed by atoms with Gasteiger partial charge in [0.25, 0.3) is 0 Å². The molecule has 0 aliphatic carbocycles. The number of hydrogen-bond donors (Lipinski definition) is 1. The van der Waals surface area contributed by atoms with E-state index in [9.17, 15) is 0 Å². The smallest absolute Gasteiger partial charge is 0.202 e. The molecule has 90 valence electrons. The predicted octanol–water partition coefficient (Wildman–Crippen LogP) is 0.754. The van der Waals surface area contributed by atoms with Crippen molar-refractivity contribution >= 4 is 12.2 Å². The number of piperidine rings is 1. The van der Waals surface area contributed by atoms with Crippen molar-refractivity contribution in [1.82, 2.24) is 14.3 Å². The van der Waals surface area contributed by atoms with Crippen molar-refractivity contribution in [3.05, 3.63) is 11.1 Å². The van der Waals surface area contributed by atoms with E-state index in [4.69, 9.17) is 12.2 Å². The Morgan fingerprint density at radius 3 is 2.56 bits per heavy atom. The number of aryl methyl sites for hydroxylation is 1. The predicted molar refractivity (Wildman–Crippen MR) is 65.8 cm³/mol. The maximum absolute atomic E-state index is 5.32. The molecule has 2 atom stereocenters. The third-order valence-corrected chi connectivity index (χ3v) is 4.26. The third-order valence-electron chi connectivity index (χ3n) is 3.76. The molecule has 1 aliphatic rings. The van der Waals surface area contributed by atoms with Crippen molar-refractivity contribution in [2.24, 2.45) is 7.05 Å². The molecular weight excluding hydrogens is 220 g/mol. The Morgan fingerprint density at radius 2 is 2.06 bits per heavy atom. The molecule has 5 heteroatoms. The largest absolute Gasteiger partial charge is 0.312 e. The molecule has 1 saturated heterocycles. The second kappa shape index (κ2) is 4.67. The van der Waals surface area contributed by atoms with Crippen molar-refractivity contribution in [2.45, 2.75) is 51.9 Å². The molecule has 0 radical (unpaired) electrons. The number of quaternary nitrogens is 1. The number of aromatic nitrogens is 3. The quantitative estimate of drug-likeness (QED) is 0.774. The first-order chi connectivity index (χ1) is 7.59. The van der Waals surface area contributed by atoms with Gasteiger partial charge in [-0.3, -0.25) is 0 Å². The molecule has 1 N–H and O–H groups in total. The molecule has 2 heterocycles. The Labute approximate surface area is 102 Å². The number of likely N-dealkylation sites (tertiary alicyclic amines) is 1. The minimum atomic E-state index is 0.715. The molecule has 1 aliphatic heterocycles. The fourth-order valence-electron chi connectivity index (χ4n) is 2.60. The van der Waals surface area contributed by atoms with Crippen molar-refractivity contribution in [3.63, 3.8) is 0 Å². The molecule has 1 fully saturated rings. The highest BCUT2D eigenvalue weighted by Gasteiger charge is 2.28. The molecule has 0 saturated carbocycles. The number of hydrogen-bond acceptors (Lipinski definition) is 2. The highest BCUT2D eigenvalue weighted by Crippen LogP contribution is 2.07. The molecule has 2 rings (SSSR count). The summed E-state index contributed by atoms with van der Waals surface area (Å²) in [6.07, 6.45) is 5.79. The van der Waals surface area contributed by atoms with E-state index < -0.39 is 0 Å². The van der Waals surface area contributed by atoms with Gasteiger partial charge in [0.15, 0.2) is 6.67 Å². The lowest BCUT2D eigenvalue weighted by atomic mass is 9.98. The highest BCUT2D eigenvalue weighted by atomic mass is 32.1. The first kappa shape index (κ1) is 11.8. The van der Waals surface area contributed by atoms with Crippen LogP contribution in [0.25, 0.3) is 0 Å². The van der Waals surface area contributed by atoms with Crippen LogP contribution in [0.15, 0.2) is 6.33 Å². The van der Waals surface area contributed by atoms with Crippen molar-refractivity contribution < 1.29 is 4.90 Å². The van der Waals surface area contributed by atoms with Gasteiger partial charge in [0.05, 0.1) is 12.1 Å². The normalized spacial score (nSPS) is 27.2. The van der Waals surface area contributed by atoms with E-state index in [1.165, 1.54) is 19.3 Å². The van der Waals surface area contributed by atoms with E-state index in [0.29, 0.717) is 12.1 Å². The summed E-state index contributed by atoms with van der Waals surface area (Å²) < 4.78 is 4.66. The number of nitrogens with zero attached hydrogens (tertiary/aromatic N) is 3. The first-order valence-corrected chi connectivity index (χ1v) is 6.44. The van der Waals surface area contributed by atoms with Gasteiger partial charge in [-0.15, -0.1) is 0 Å². The minimum Gasteiger partial charge on any atom is -0.312 e. The van der Waals surface area contributed by atoms with E-state index in [0.717, 1.165) is 11.4 Å². The summed E-state index contributed by atoms with van der Waals surface area (Å²) in [5, 5.41) is 4.33. The van der Waals surface area contributed by atoms with Crippen molar-refractivity contribution in [3.8, 4) is 0 Å². The van der Waals surface area contributed by atoms with Gasteiger partial charge in [-0.25, -0.2) is 0 Å². The van der Waals surface area contributed by atoms with E-state index in [-0.39, 0.29) is 0 Å². The fraction of sp³-hybridized carbons (Fsp3) is 0.818. The van der Waals surface area contributed by atoms with Gasteiger partial charge >= 0.3 is 0 Å². The van der Waals surface area contributed by atoms with Gasteiger partial charge in [0, 0.05) is 7.05 Å². The number of nitrogens with one attached hydrogen (secondary N) is 1. The van der Waals surface area contributed by atoms with Gasteiger partial charge in [-0.05, 0) is 45.3 Å². The lowest BCUT2D eigenvalue weighted by Crippen LogP contribution is -3.18. The van der Waals surface area contributed by atoms with Gasteiger partial charge in [0.1, 0.15) is 6.33 Å². The van der Waals surface area contributed by atoms with Crippen LogP contribution in [0.4, 0.5) is 0 Å². The van der Waals surface area contributed by atoms with Crippen LogP contribution in [0.1, 0.15) is 33.1 Å². The summed E-state index contributed by atoms with van der Waals surface area (Å²) in [7, 11) is 1.95. The summed E-state index contributed by atoms with van der Waals surface area (Å²) in [6, 6.07) is 1.43. The van der Waals surface area contributed by atoms with E-state index in [1.807, 2.05) is 16.3 Å². The Morgan fingerprint density at radius 1 is 1.44 bits per heavy atom. The van der Waals surface area contributed by atoms with Crippen LogP contribution >= 0.6 is 12.2 Å². The highest BCUT2D eigenvalue weighted by molar-refractivity contribution is 7.71. The second-order valence-electron chi connectivity index (χ2n) is 4.99. The van der Waals surface area contributed by atoms with Crippen LogP contribution < -0.4 is 4.90 Å². The molecule has 0 spiro atoms. The molecule has 0 bridgehead atoms. The van der Waals surface area contributed by atoms with Crippen LogP contribution in [-0.4, -0.2) is 26.4 Å². The Kier molecular flexibility index (Phi) is 3.44. The summed E-state index contributed by atoms with van der Waals surface area (Å²) in [6.45, 7) is 5.57. The zero-order valence-corrected chi connectivity index (χ0v) is 11.1. The summed E-state index contributed by atoms with van der Waals surface area (Å²) in [5.41, 5.74) is 0. The van der Waals surface area contributed by atoms with Crippen LogP contribution in [0.3, 0.4) is 0 Å². The van der Waals surface area contributed by atoms with Crippen LogP contribution in [0, 0.1) is 4.77 Å². The third kappa shape index (κ3) is 2.20. The monoisotopic (exact) mass is 241 g/mol. The molecular formula is C11H21N4S+. The van der Waals surface area contributed by atoms with E-state index in [2.05, 4.69) is 18.9 Å². The second-order valence-corrected chi connectivity index (χ2v) is 5.36. The fourth-order valence-corrected chi connectivity index (χ4v) is 2.76.